The Morgan fingerprint density at radius 3 is 2.92 bits per heavy atom. The predicted molar refractivity (Wildman–Crippen MR) is 90.2 cm³/mol. The molecule has 0 unspecified atom stereocenters. The number of anilines is 2. The van der Waals surface area contributed by atoms with E-state index < -0.39 is 6.04 Å². The van der Waals surface area contributed by atoms with Crippen molar-refractivity contribution in [2.45, 2.75) is 32.9 Å². The van der Waals surface area contributed by atoms with Gasteiger partial charge >= 0.3 is 0 Å². The number of carbonyl (C=O) groups excluding carboxylic acids is 2. The maximum Gasteiger partial charge on any atom is 0.247 e. The summed E-state index contributed by atoms with van der Waals surface area (Å²) in [6.07, 6.45) is 0.338. The standard InChI is InChI=1S/C17H20N4O3/c1-11-9-15-20(19-11)8-7-16(22)21(15)12(2)17(23)18-13-5-4-6-14(10-13)24-3/h4-6,9-10,12H,7-8H2,1-3H3,(H,18,23)/t12-/m0/s1. The number of fused-ring (bicyclic) bond motifs is 1. The lowest BCUT2D eigenvalue weighted by molar-refractivity contribution is -0.124. The summed E-state index contributed by atoms with van der Waals surface area (Å²) in [5, 5.41) is 7.19. The second kappa shape index (κ2) is 6.35. The Hall–Kier alpha value is -2.83. The van der Waals surface area contributed by atoms with Crippen molar-refractivity contribution in [1.29, 1.82) is 0 Å². The molecule has 0 aliphatic carbocycles. The number of nitrogens with zero attached hydrogens (tertiary/aromatic N) is 3. The molecule has 1 aromatic heterocycles. The zero-order valence-corrected chi connectivity index (χ0v) is 13.9. The van der Waals surface area contributed by atoms with Crippen LogP contribution in [0, 0.1) is 6.92 Å². The molecule has 7 nitrogen and oxygen atoms in total. The molecule has 1 atom stereocenters. The van der Waals surface area contributed by atoms with Crippen molar-refractivity contribution in [2.24, 2.45) is 0 Å². The summed E-state index contributed by atoms with van der Waals surface area (Å²) < 4.78 is 6.92. The molecule has 2 aromatic rings. The van der Waals surface area contributed by atoms with Crippen LogP contribution in [0.4, 0.5) is 11.5 Å². The van der Waals surface area contributed by atoms with Gasteiger partial charge in [0.15, 0.2) is 0 Å². The molecule has 0 fully saturated rings. The molecule has 2 heterocycles. The van der Waals surface area contributed by atoms with Crippen molar-refractivity contribution in [3.05, 3.63) is 36.0 Å². The van der Waals surface area contributed by atoms with Gasteiger partial charge in [0.05, 0.1) is 19.3 Å². The van der Waals surface area contributed by atoms with Crippen LogP contribution in [0.5, 0.6) is 5.75 Å². The summed E-state index contributed by atoms with van der Waals surface area (Å²) in [5.41, 5.74) is 1.45. The number of aryl methyl sites for hydroxylation is 2. The number of amides is 2. The normalized spacial score (nSPS) is 15.0. The molecule has 0 saturated carbocycles. The number of nitrogens with one attached hydrogen (secondary N) is 1. The van der Waals surface area contributed by atoms with E-state index in [4.69, 9.17) is 4.74 Å². The molecule has 0 spiro atoms. The van der Waals surface area contributed by atoms with Crippen molar-refractivity contribution < 1.29 is 14.3 Å². The average Bonchev–Trinajstić information content (AvgIpc) is 2.94. The lowest BCUT2D eigenvalue weighted by Crippen LogP contribution is -2.49. The SMILES string of the molecule is COc1cccc(NC(=O)[C@H](C)N2C(=O)CCn3nc(C)cc32)c1. The second-order valence-electron chi connectivity index (χ2n) is 5.78. The van der Waals surface area contributed by atoms with Crippen molar-refractivity contribution in [2.75, 3.05) is 17.3 Å². The fourth-order valence-corrected chi connectivity index (χ4v) is 2.82. The molecule has 2 amide bonds. The molecule has 126 valence electrons. The third kappa shape index (κ3) is 2.97. The highest BCUT2D eigenvalue weighted by Crippen LogP contribution is 2.25. The number of carbonyl (C=O) groups is 2. The lowest BCUT2D eigenvalue weighted by atomic mass is 10.2. The van der Waals surface area contributed by atoms with Crippen LogP contribution < -0.4 is 15.0 Å². The van der Waals surface area contributed by atoms with Gasteiger partial charge in [0.1, 0.15) is 17.6 Å². The Kier molecular flexibility index (Phi) is 4.24. The topological polar surface area (TPSA) is 76.5 Å². The number of hydrogen-bond donors (Lipinski definition) is 1. The molecule has 7 heteroatoms. The third-order valence-corrected chi connectivity index (χ3v) is 4.04. The van der Waals surface area contributed by atoms with E-state index in [9.17, 15) is 9.59 Å². The first-order chi connectivity index (χ1) is 11.5. The number of methoxy groups -OCH3 is 1. The van der Waals surface area contributed by atoms with Crippen LogP contribution in [0.25, 0.3) is 0 Å². The fourth-order valence-electron chi connectivity index (χ4n) is 2.82. The van der Waals surface area contributed by atoms with Crippen LogP contribution in [0.2, 0.25) is 0 Å². The monoisotopic (exact) mass is 328 g/mol. The molecule has 0 bridgehead atoms. The van der Waals surface area contributed by atoms with Crippen molar-refractivity contribution >= 4 is 23.3 Å². The van der Waals surface area contributed by atoms with E-state index in [2.05, 4.69) is 10.4 Å². The van der Waals surface area contributed by atoms with E-state index in [1.54, 1.807) is 43.0 Å². The zero-order chi connectivity index (χ0) is 17.3. The van der Waals surface area contributed by atoms with Gasteiger partial charge < -0.3 is 10.1 Å². The lowest BCUT2D eigenvalue weighted by Gasteiger charge is -2.31. The molecule has 1 N–H and O–H groups in total. The van der Waals surface area contributed by atoms with Gasteiger partial charge in [-0.2, -0.15) is 5.10 Å². The second-order valence-corrected chi connectivity index (χ2v) is 5.78. The van der Waals surface area contributed by atoms with Gasteiger partial charge in [0, 0.05) is 24.2 Å². The summed E-state index contributed by atoms with van der Waals surface area (Å²) in [5.74, 6) is 0.986. The first-order valence-corrected chi connectivity index (χ1v) is 7.81. The van der Waals surface area contributed by atoms with Gasteiger partial charge in [0.25, 0.3) is 0 Å². The Morgan fingerprint density at radius 2 is 2.17 bits per heavy atom. The Bertz CT molecular complexity index is 784. The van der Waals surface area contributed by atoms with Gasteiger partial charge in [-0.05, 0) is 26.0 Å². The van der Waals surface area contributed by atoms with Crippen LogP contribution in [0.15, 0.2) is 30.3 Å². The number of ether oxygens (including phenoxy) is 1. The van der Waals surface area contributed by atoms with Crippen molar-refractivity contribution in [3.63, 3.8) is 0 Å². The van der Waals surface area contributed by atoms with Gasteiger partial charge in [-0.3, -0.25) is 14.5 Å². The Labute approximate surface area is 140 Å². The number of rotatable bonds is 4. The largest absolute Gasteiger partial charge is 0.497 e. The third-order valence-electron chi connectivity index (χ3n) is 4.04. The quantitative estimate of drug-likeness (QED) is 0.931. The number of aromatic nitrogens is 2. The van der Waals surface area contributed by atoms with Crippen LogP contribution in [0.3, 0.4) is 0 Å². The molecular formula is C17H20N4O3. The van der Waals surface area contributed by atoms with E-state index in [0.29, 0.717) is 30.2 Å². The van der Waals surface area contributed by atoms with Crippen molar-refractivity contribution in [1.82, 2.24) is 9.78 Å². The molecule has 1 aliphatic rings. The van der Waals surface area contributed by atoms with Crippen LogP contribution >= 0.6 is 0 Å². The van der Waals surface area contributed by atoms with Crippen LogP contribution in [-0.2, 0) is 16.1 Å². The molecule has 0 saturated heterocycles. The molecule has 1 aromatic carbocycles. The molecule has 0 radical (unpaired) electrons. The first-order valence-electron chi connectivity index (χ1n) is 7.81. The van der Waals surface area contributed by atoms with Crippen LogP contribution in [-0.4, -0.2) is 34.7 Å². The minimum absolute atomic E-state index is 0.0734. The molecule has 3 rings (SSSR count). The highest BCUT2D eigenvalue weighted by molar-refractivity contribution is 6.04. The van der Waals surface area contributed by atoms with E-state index in [0.717, 1.165) is 5.69 Å². The first kappa shape index (κ1) is 16.0. The van der Waals surface area contributed by atoms with Gasteiger partial charge in [-0.1, -0.05) is 6.07 Å². The van der Waals surface area contributed by atoms with E-state index >= 15 is 0 Å². The highest BCUT2D eigenvalue weighted by atomic mass is 16.5. The maximum absolute atomic E-state index is 12.6. The highest BCUT2D eigenvalue weighted by Gasteiger charge is 2.33. The summed E-state index contributed by atoms with van der Waals surface area (Å²) >= 11 is 0. The minimum Gasteiger partial charge on any atom is -0.497 e. The molecule has 1 aliphatic heterocycles. The average molecular weight is 328 g/mol. The minimum atomic E-state index is -0.640. The predicted octanol–water partition coefficient (Wildman–Crippen LogP) is 1.96. The van der Waals surface area contributed by atoms with E-state index in [1.165, 1.54) is 4.90 Å². The summed E-state index contributed by atoms with van der Waals surface area (Å²) in [6.45, 7) is 4.13. The van der Waals surface area contributed by atoms with Gasteiger partial charge in [0.2, 0.25) is 11.8 Å². The van der Waals surface area contributed by atoms with Crippen molar-refractivity contribution in [3.8, 4) is 5.75 Å². The summed E-state index contributed by atoms with van der Waals surface area (Å²) in [6, 6.07) is 8.29. The van der Waals surface area contributed by atoms with Gasteiger partial charge in [-0.15, -0.1) is 0 Å². The molecule has 24 heavy (non-hydrogen) atoms. The van der Waals surface area contributed by atoms with E-state index in [1.807, 2.05) is 13.0 Å². The van der Waals surface area contributed by atoms with Gasteiger partial charge in [-0.25, -0.2) is 4.68 Å². The Morgan fingerprint density at radius 1 is 1.38 bits per heavy atom. The number of hydrogen-bond acceptors (Lipinski definition) is 4. The smallest absolute Gasteiger partial charge is 0.247 e. The summed E-state index contributed by atoms with van der Waals surface area (Å²) in [7, 11) is 1.57. The summed E-state index contributed by atoms with van der Waals surface area (Å²) in [4.78, 5) is 26.5. The van der Waals surface area contributed by atoms with Crippen LogP contribution in [0.1, 0.15) is 19.0 Å². The maximum atomic E-state index is 12.6. The fraction of sp³-hybridized carbons (Fsp3) is 0.353. The Balaban J connectivity index is 1.81. The zero-order valence-electron chi connectivity index (χ0n) is 13.9. The van der Waals surface area contributed by atoms with E-state index in [-0.39, 0.29) is 11.8 Å². The number of benzene rings is 1. The molecular weight excluding hydrogens is 308 g/mol.